The van der Waals surface area contributed by atoms with E-state index in [1.165, 1.54) is 12.0 Å². The van der Waals surface area contributed by atoms with Crippen LogP contribution in [-0.4, -0.2) is 71.8 Å². The van der Waals surface area contributed by atoms with Crippen molar-refractivity contribution >= 4 is 23.8 Å². The summed E-state index contributed by atoms with van der Waals surface area (Å²) in [6, 6.07) is 6.96. The van der Waals surface area contributed by atoms with Gasteiger partial charge in [0.1, 0.15) is 0 Å². The number of hydrogen-bond donors (Lipinski definition) is 0. The number of likely N-dealkylation sites (tertiary alicyclic amines) is 1. The summed E-state index contributed by atoms with van der Waals surface area (Å²) in [6.07, 6.45) is 0.859. The van der Waals surface area contributed by atoms with Crippen LogP contribution < -0.4 is 0 Å². The number of carbonyl (C=O) groups is 4. The van der Waals surface area contributed by atoms with Crippen molar-refractivity contribution in [2.45, 2.75) is 25.8 Å². The Morgan fingerprint density at radius 3 is 2.15 bits per heavy atom. The number of nitrogens with zero attached hydrogens (tertiary/aromatic N) is 3. The summed E-state index contributed by atoms with van der Waals surface area (Å²) in [5, 5.41) is 0. The number of rotatable bonds is 3. The summed E-state index contributed by atoms with van der Waals surface area (Å²) in [5.74, 6) is -0.402. The molecule has 2 aliphatic heterocycles. The molecule has 1 aromatic carbocycles. The first-order chi connectivity index (χ1) is 13.0. The predicted molar refractivity (Wildman–Crippen MR) is 95.7 cm³/mol. The molecule has 144 valence electrons. The molecule has 0 aliphatic carbocycles. The summed E-state index contributed by atoms with van der Waals surface area (Å²) in [6.45, 7) is 2.27. The highest BCUT2D eigenvalue weighted by atomic mass is 16.5. The summed E-state index contributed by atoms with van der Waals surface area (Å²) < 4.78 is 4.74. The van der Waals surface area contributed by atoms with Gasteiger partial charge in [-0.1, -0.05) is 12.1 Å². The topological polar surface area (TPSA) is 87.2 Å². The van der Waals surface area contributed by atoms with Gasteiger partial charge < -0.3 is 14.5 Å². The number of benzene rings is 1. The maximum atomic E-state index is 12.7. The first kappa shape index (κ1) is 18.9. The zero-order chi connectivity index (χ0) is 19.4. The van der Waals surface area contributed by atoms with Crippen LogP contribution in [0.4, 0.5) is 4.79 Å². The molecule has 0 N–H and O–H groups in total. The maximum absolute atomic E-state index is 12.7. The fourth-order valence-corrected chi connectivity index (χ4v) is 3.35. The van der Waals surface area contributed by atoms with Crippen LogP contribution in [-0.2, 0) is 20.9 Å². The van der Waals surface area contributed by atoms with Gasteiger partial charge in [0.2, 0.25) is 11.8 Å². The van der Waals surface area contributed by atoms with Gasteiger partial charge in [-0.15, -0.1) is 0 Å². The van der Waals surface area contributed by atoms with Gasteiger partial charge in [0, 0.05) is 44.6 Å². The Labute approximate surface area is 157 Å². The van der Waals surface area contributed by atoms with E-state index in [0.29, 0.717) is 38.2 Å². The predicted octanol–water partition coefficient (Wildman–Crippen LogP) is 1.25. The van der Waals surface area contributed by atoms with Crippen molar-refractivity contribution in [1.82, 2.24) is 14.7 Å². The number of imide groups is 1. The molecule has 2 saturated heterocycles. The molecule has 1 aromatic rings. The second kappa shape index (κ2) is 8.20. The Kier molecular flexibility index (Phi) is 5.73. The molecular weight excluding hydrogens is 350 g/mol. The smallest absolute Gasteiger partial charge is 0.409 e. The van der Waals surface area contributed by atoms with E-state index >= 15 is 0 Å². The molecular formula is C19H23N3O5. The van der Waals surface area contributed by atoms with E-state index in [0.717, 1.165) is 5.56 Å². The molecule has 4 amide bonds. The van der Waals surface area contributed by atoms with Gasteiger partial charge >= 0.3 is 6.09 Å². The first-order valence-electron chi connectivity index (χ1n) is 9.04. The van der Waals surface area contributed by atoms with Crippen LogP contribution in [0.3, 0.4) is 0 Å². The average Bonchev–Trinajstić information content (AvgIpc) is 2.89. The lowest BCUT2D eigenvalue weighted by Crippen LogP contribution is -2.37. The third kappa shape index (κ3) is 4.27. The minimum atomic E-state index is -0.375. The molecule has 0 unspecified atom stereocenters. The van der Waals surface area contributed by atoms with Crippen LogP contribution in [0.2, 0.25) is 0 Å². The number of methoxy groups -OCH3 is 1. The van der Waals surface area contributed by atoms with Crippen molar-refractivity contribution in [2.75, 3.05) is 33.3 Å². The summed E-state index contributed by atoms with van der Waals surface area (Å²) in [5.41, 5.74) is 1.35. The quantitative estimate of drug-likeness (QED) is 0.744. The zero-order valence-electron chi connectivity index (χ0n) is 15.3. The number of ether oxygens (including phenoxy) is 1. The Hall–Kier alpha value is -2.90. The summed E-state index contributed by atoms with van der Waals surface area (Å²) in [4.78, 5) is 52.4. The molecule has 8 heteroatoms. The number of amides is 4. The van der Waals surface area contributed by atoms with E-state index in [4.69, 9.17) is 4.74 Å². The van der Waals surface area contributed by atoms with Crippen molar-refractivity contribution < 1.29 is 23.9 Å². The maximum Gasteiger partial charge on any atom is 0.409 e. The van der Waals surface area contributed by atoms with E-state index in [9.17, 15) is 19.2 Å². The highest BCUT2D eigenvalue weighted by Crippen LogP contribution is 2.17. The Morgan fingerprint density at radius 1 is 0.926 bits per heavy atom. The van der Waals surface area contributed by atoms with E-state index in [-0.39, 0.29) is 43.2 Å². The fourth-order valence-electron chi connectivity index (χ4n) is 3.35. The first-order valence-corrected chi connectivity index (χ1v) is 9.04. The Morgan fingerprint density at radius 2 is 1.52 bits per heavy atom. The Balaban J connectivity index is 1.61. The lowest BCUT2D eigenvalue weighted by molar-refractivity contribution is -0.139. The molecule has 27 heavy (non-hydrogen) atoms. The highest BCUT2D eigenvalue weighted by Gasteiger charge is 2.29. The zero-order valence-corrected chi connectivity index (χ0v) is 15.3. The van der Waals surface area contributed by atoms with Crippen LogP contribution in [0, 0.1) is 0 Å². The molecule has 0 radical (unpaired) electrons. The standard InChI is InChI=1S/C19H23N3O5/c1-27-19(26)21-10-2-9-20(11-12-21)18(25)15-5-3-14(4-6-15)13-22-16(23)7-8-17(22)24/h3-6H,2,7-13H2,1H3. The molecule has 2 heterocycles. The Bertz CT molecular complexity index is 730. The summed E-state index contributed by atoms with van der Waals surface area (Å²) >= 11 is 0. The van der Waals surface area contributed by atoms with Crippen LogP contribution in [0.1, 0.15) is 35.2 Å². The van der Waals surface area contributed by atoms with E-state index in [1.807, 2.05) is 0 Å². The molecule has 0 saturated carbocycles. The minimum absolute atomic E-state index is 0.0957. The van der Waals surface area contributed by atoms with Gasteiger partial charge in [-0.05, 0) is 24.1 Å². The molecule has 0 bridgehead atoms. The number of carbonyl (C=O) groups excluding carboxylic acids is 4. The van der Waals surface area contributed by atoms with Gasteiger partial charge in [-0.3, -0.25) is 19.3 Å². The molecule has 0 spiro atoms. The van der Waals surface area contributed by atoms with Gasteiger partial charge in [0.15, 0.2) is 0 Å². The third-order valence-corrected chi connectivity index (χ3v) is 4.91. The fraction of sp³-hybridized carbons (Fsp3) is 0.474. The van der Waals surface area contributed by atoms with Crippen molar-refractivity contribution in [1.29, 1.82) is 0 Å². The van der Waals surface area contributed by atoms with E-state index in [2.05, 4.69) is 0 Å². The highest BCUT2D eigenvalue weighted by molar-refractivity contribution is 6.01. The summed E-state index contributed by atoms with van der Waals surface area (Å²) in [7, 11) is 1.35. The molecule has 2 fully saturated rings. The molecule has 0 atom stereocenters. The molecule has 3 rings (SSSR count). The lowest BCUT2D eigenvalue weighted by Gasteiger charge is -2.21. The van der Waals surface area contributed by atoms with Gasteiger partial charge in [0.05, 0.1) is 13.7 Å². The minimum Gasteiger partial charge on any atom is -0.453 e. The van der Waals surface area contributed by atoms with E-state index < -0.39 is 0 Å². The van der Waals surface area contributed by atoms with Gasteiger partial charge in [0.25, 0.3) is 5.91 Å². The monoisotopic (exact) mass is 373 g/mol. The van der Waals surface area contributed by atoms with Crippen LogP contribution in [0.15, 0.2) is 24.3 Å². The second-order valence-corrected chi connectivity index (χ2v) is 6.67. The second-order valence-electron chi connectivity index (χ2n) is 6.67. The van der Waals surface area contributed by atoms with Crippen LogP contribution in [0.25, 0.3) is 0 Å². The van der Waals surface area contributed by atoms with Crippen molar-refractivity contribution in [3.63, 3.8) is 0 Å². The lowest BCUT2D eigenvalue weighted by atomic mass is 10.1. The molecule has 0 aromatic heterocycles. The van der Waals surface area contributed by atoms with Crippen molar-refractivity contribution in [3.8, 4) is 0 Å². The largest absolute Gasteiger partial charge is 0.453 e. The number of hydrogen-bond acceptors (Lipinski definition) is 5. The van der Waals surface area contributed by atoms with Crippen molar-refractivity contribution in [3.05, 3.63) is 35.4 Å². The van der Waals surface area contributed by atoms with Gasteiger partial charge in [-0.2, -0.15) is 0 Å². The SMILES string of the molecule is COC(=O)N1CCCN(C(=O)c2ccc(CN3C(=O)CCC3=O)cc2)CC1. The van der Waals surface area contributed by atoms with Crippen LogP contribution >= 0.6 is 0 Å². The molecule has 8 nitrogen and oxygen atoms in total. The normalized spacial score (nSPS) is 17.9. The van der Waals surface area contributed by atoms with E-state index in [1.54, 1.807) is 34.1 Å². The van der Waals surface area contributed by atoms with Crippen LogP contribution in [0.5, 0.6) is 0 Å². The van der Waals surface area contributed by atoms with Crippen molar-refractivity contribution in [2.24, 2.45) is 0 Å². The average molecular weight is 373 g/mol. The van der Waals surface area contributed by atoms with Gasteiger partial charge in [-0.25, -0.2) is 4.79 Å². The third-order valence-electron chi connectivity index (χ3n) is 4.91. The molecule has 2 aliphatic rings.